The van der Waals surface area contributed by atoms with Crippen LogP contribution in [0, 0.1) is 0 Å². The van der Waals surface area contributed by atoms with E-state index in [9.17, 15) is 0 Å². The first-order valence-corrected chi connectivity index (χ1v) is 3.28. The second-order valence-electron chi connectivity index (χ2n) is 2.39. The summed E-state index contributed by atoms with van der Waals surface area (Å²) < 4.78 is 0. The molecule has 3 nitrogen and oxygen atoms in total. The topological polar surface area (TPSA) is 62.0 Å². The summed E-state index contributed by atoms with van der Waals surface area (Å²) in [7, 11) is 0. The van der Waals surface area contributed by atoms with E-state index in [0.29, 0.717) is 0 Å². The summed E-state index contributed by atoms with van der Waals surface area (Å²) in [6.45, 7) is 1.67. The molecule has 4 N–H and O–H groups in total. The van der Waals surface area contributed by atoms with Crippen molar-refractivity contribution in [3.8, 4) is 0 Å². The Morgan fingerprint density at radius 1 is 1.70 bits per heavy atom. The van der Waals surface area contributed by atoms with Crippen LogP contribution in [0.3, 0.4) is 0 Å². The van der Waals surface area contributed by atoms with E-state index >= 15 is 0 Å². The minimum atomic E-state index is -0.501. The molecule has 0 saturated heterocycles. The van der Waals surface area contributed by atoms with Gasteiger partial charge >= 0.3 is 0 Å². The fraction of sp³-hybridized carbons (Fsp3) is 0.429. The van der Waals surface area contributed by atoms with Crippen molar-refractivity contribution in [2.45, 2.75) is 19.1 Å². The summed E-state index contributed by atoms with van der Waals surface area (Å²) >= 11 is 0. The zero-order chi connectivity index (χ0) is 7.56. The van der Waals surface area contributed by atoms with Crippen molar-refractivity contribution in [2.75, 3.05) is 0 Å². The van der Waals surface area contributed by atoms with Crippen LogP contribution < -0.4 is 5.73 Å². The van der Waals surface area contributed by atoms with Gasteiger partial charge < -0.3 is 15.8 Å². The Bertz CT molecular complexity index is 181. The van der Waals surface area contributed by atoms with Gasteiger partial charge in [0.2, 0.25) is 0 Å². The van der Waals surface area contributed by atoms with Gasteiger partial charge in [-0.2, -0.15) is 0 Å². The lowest BCUT2D eigenvalue weighted by Gasteiger charge is -2.11. The standard InChI is InChI=1S/C7H12N2O/c1-5(10)7(8)6-3-2-4-9-6/h2-5,7,9-10H,8H2,1H3/t5-,7-/m1/s1. The van der Waals surface area contributed by atoms with E-state index in [2.05, 4.69) is 4.98 Å². The third-order valence-corrected chi connectivity index (χ3v) is 1.50. The van der Waals surface area contributed by atoms with Crippen molar-refractivity contribution in [1.82, 2.24) is 4.98 Å². The highest BCUT2D eigenvalue weighted by atomic mass is 16.3. The molecule has 0 unspecified atom stereocenters. The van der Waals surface area contributed by atoms with Crippen molar-refractivity contribution in [1.29, 1.82) is 0 Å². The molecule has 0 spiro atoms. The number of hydrogen-bond donors (Lipinski definition) is 3. The molecule has 1 rings (SSSR count). The third-order valence-electron chi connectivity index (χ3n) is 1.50. The van der Waals surface area contributed by atoms with Crippen LogP contribution in [-0.2, 0) is 0 Å². The lowest BCUT2D eigenvalue weighted by Crippen LogP contribution is -2.23. The van der Waals surface area contributed by atoms with Gasteiger partial charge in [-0.3, -0.25) is 0 Å². The molecule has 1 aromatic rings. The summed E-state index contributed by atoms with van der Waals surface area (Å²) in [5.74, 6) is 0. The predicted octanol–water partition coefficient (Wildman–Crippen LogP) is 0.395. The maximum Gasteiger partial charge on any atom is 0.0719 e. The quantitative estimate of drug-likeness (QED) is 0.556. The number of rotatable bonds is 2. The Morgan fingerprint density at radius 3 is 2.80 bits per heavy atom. The van der Waals surface area contributed by atoms with Gasteiger partial charge in [0.15, 0.2) is 0 Å². The monoisotopic (exact) mass is 140 g/mol. The van der Waals surface area contributed by atoms with Crippen molar-refractivity contribution < 1.29 is 5.11 Å². The number of aromatic nitrogens is 1. The number of aromatic amines is 1. The molecule has 0 aliphatic heterocycles. The Hall–Kier alpha value is -0.800. The molecule has 0 radical (unpaired) electrons. The zero-order valence-electron chi connectivity index (χ0n) is 5.91. The van der Waals surface area contributed by atoms with Crippen LogP contribution >= 0.6 is 0 Å². The number of hydrogen-bond acceptors (Lipinski definition) is 2. The van der Waals surface area contributed by atoms with E-state index in [1.807, 2.05) is 12.1 Å². The average Bonchev–Trinajstić information content (AvgIpc) is 2.36. The molecule has 56 valence electrons. The minimum Gasteiger partial charge on any atom is -0.391 e. The smallest absolute Gasteiger partial charge is 0.0719 e. The summed E-state index contributed by atoms with van der Waals surface area (Å²) in [6, 6.07) is 3.42. The first-order valence-electron chi connectivity index (χ1n) is 3.28. The number of H-pyrrole nitrogens is 1. The number of nitrogens with one attached hydrogen (secondary N) is 1. The second-order valence-corrected chi connectivity index (χ2v) is 2.39. The van der Waals surface area contributed by atoms with Crippen molar-refractivity contribution in [3.63, 3.8) is 0 Å². The van der Waals surface area contributed by atoms with Crippen LogP contribution in [0.25, 0.3) is 0 Å². The highest BCUT2D eigenvalue weighted by Crippen LogP contribution is 2.10. The third kappa shape index (κ3) is 1.37. The summed E-state index contributed by atoms with van der Waals surface area (Å²) in [6.07, 6.45) is 1.29. The molecular formula is C7H12N2O. The lowest BCUT2D eigenvalue weighted by atomic mass is 10.1. The predicted molar refractivity (Wildman–Crippen MR) is 39.4 cm³/mol. The van der Waals surface area contributed by atoms with Crippen LogP contribution in [-0.4, -0.2) is 16.2 Å². The fourth-order valence-electron chi connectivity index (χ4n) is 0.811. The van der Waals surface area contributed by atoms with Gasteiger partial charge in [-0.1, -0.05) is 0 Å². The number of aliphatic hydroxyl groups is 1. The average molecular weight is 140 g/mol. The van der Waals surface area contributed by atoms with E-state index < -0.39 is 6.10 Å². The van der Waals surface area contributed by atoms with E-state index in [0.717, 1.165) is 5.69 Å². The van der Waals surface area contributed by atoms with Gasteiger partial charge in [0.05, 0.1) is 12.1 Å². The van der Waals surface area contributed by atoms with Crippen LogP contribution in [0.2, 0.25) is 0 Å². The normalized spacial score (nSPS) is 16.7. The minimum absolute atomic E-state index is 0.296. The molecule has 0 bridgehead atoms. The van der Waals surface area contributed by atoms with Gasteiger partial charge in [0, 0.05) is 11.9 Å². The molecule has 0 aliphatic rings. The lowest BCUT2D eigenvalue weighted by molar-refractivity contribution is 0.163. The largest absolute Gasteiger partial charge is 0.391 e. The first-order chi connectivity index (χ1) is 4.72. The van der Waals surface area contributed by atoms with E-state index in [1.54, 1.807) is 13.1 Å². The molecule has 0 aromatic carbocycles. The summed E-state index contributed by atoms with van der Waals surface area (Å²) in [5.41, 5.74) is 6.47. The summed E-state index contributed by atoms with van der Waals surface area (Å²) in [4.78, 5) is 2.93. The second kappa shape index (κ2) is 2.86. The van der Waals surface area contributed by atoms with Gasteiger partial charge in [-0.15, -0.1) is 0 Å². The molecule has 1 aromatic heterocycles. The van der Waals surface area contributed by atoms with Crippen LogP contribution in [0.1, 0.15) is 18.7 Å². The van der Waals surface area contributed by atoms with Crippen molar-refractivity contribution in [2.24, 2.45) is 5.73 Å². The molecule has 3 heteroatoms. The fourth-order valence-corrected chi connectivity index (χ4v) is 0.811. The SMILES string of the molecule is C[C@@H](O)[C@@H](N)c1ccc[nH]1. The van der Waals surface area contributed by atoms with E-state index in [4.69, 9.17) is 10.8 Å². The maximum atomic E-state index is 9.05. The maximum absolute atomic E-state index is 9.05. The first kappa shape index (κ1) is 7.31. The molecule has 2 atom stereocenters. The highest BCUT2D eigenvalue weighted by Gasteiger charge is 2.11. The Labute approximate surface area is 59.9 Å². The van der Waals surface area contributed by atoms with E-state index in [1.165, 1.54) is 0 Å². The van der Waals surface area contributed by atoms with Crippen molar-refractivity contribution in [3.05, 3.63) is 24.0 Å². The molecule has 0 saturated carbocycles. The Morgan fingerprint density at radius 2 is 2.40 bits per heavy atom. The molecule has 0 amide bonds. The molecule has 10 heavy (non-hydrogen) atoms. The summed E-state index contributed by atoms with van der Waals surface area (Å²) in [5, 5.41) is 9.05. The molecular weight excluding hydrogens is 128 g/mol. The zero-order valence-corrected chi connectivity index (χ0v) is 5.91. The van der Waals surface area contributed by atoms with Gasteiger partial charge in [0.1, 0.15) is 0 Å². The van der Waals surface area contributed by atoms with Gasteiger partial charge in [-0.05, 0) is 19.1 Å². The Kier molecular flexibility index (Phi) is 2.09. The highest BCUT2D eigenvalue weighted by molar-refractivity contribution is 5.09. The molecule has 0 aliphatic carbocycles. The van der Waals surface area contributed by atoms with Crippen LogP contribution in [0.5, 0.6) is 0 Å². The van der Waals surface area contributed by atoms with E-state index in [-0.39, 0.29) is 6.04 Å². The number of nitrogens with two attached hydrogens (primary N) is 1. The number of aliphatic hydroxyl groups excluding tert-OH is 1. The van der Waals surface area contributed by atoms with Crippen LogP contribution in [0.4, 0.5) is 0 Å². The van der Waals surface area contributed by atoms with Gasteiger partial charge in [0.25, 0.3) is 0 Å². The molecule has 0 fully saturated rings. The molecule has 1 heterocycles. The van der Waals surface area contributed by atoms with Crippen molar-refractivity contribution >= 4 is 0 Å². The van der Waals surface area contributed by atoms with Gasteiger partial charge in [-0.25, -0.2) is 0 Å². The van der Waals surface area contributed by atoms with Crippen LogP contribution in [0.15, 0.2) is 18.3 Å². The Balaban J connectivity index is 2.68.